The average Bonchev–Trinajstić information content (AvgIpc) is 2.44. The summed E-state index contributed by atoms with van der Waals surface area (Å²) in [6, 6.07) is 9.82. The zero-order valence-corrected chi connectivity index (χ0v) is 13.4. The van der Waals surface area contributed by atoms with Gasteiger partial charge in [-0.2, -0.15) is 0 Å². The van der Waals surface area contributed by atoms with Crippen molar-refractivity contribution in [3.63, 3.8) is 0 Å². The van der Waals surface area contributed by atoms with Gasteiger partial charge in [-0.05, 0) is 50.6 Å². The number of hydrogen-bond donors (Lipinski definition) is 2. The fraction of sp³-hybridized carbons (Fsp3) is 0.294. The van der Waals surface area contributed by atoms with Crippen molar-refractivity contribution in [2.75, 3.05) is 10.6 Å². The molecule has 1 amide bonds. The van der Waals surface area contributed by atoms with Gasteiger partial charge in [0.2, 0.25) is 0 Å². The van der Waals surface area contributed by atoms with Crippen LogP contribution in [0.15, 0.2) is 42.6 Å². The quantitative estimate of drug-likeness (QED) is 0.888. The Balaban J connectivity index is 1.88. The van der Waals surface area contributed by atoms with Gasteiger partial charge in [-0.3, -0.25) is 5.32 Å². The zero-order chi connectivity index (χ0) is 16.9. The molecular weight excluding hydrogens is 297 g/mol. The lowest BCUT2D eigenvalue weighted by molar-refractivity contribution is 0.0635. The molecule has 0 atom stereocenters. The molecule has 0 saturated carbocycles. The molecule has 6 heteroatoms. The summed E-state index contributed by atoms with van der Waals surface area (Å²) >= 11 is 0. The minimum absolute atomic E-state index is 0.265. The highest BCUT2D eigenvalue weighted by Crippen LogP contribution is 2.13. The first kappa shape index (κ1) is 16.7. The monoisotopic (exact) mass is 317 g/mol. The first-order valence-electron chi connectivity index (χ1n) is 7.26. The van der Waals surface area contributed by atoms with Crippen LogP contribution < -0.4 is 10.6 Å². The molecule has 1 heterocycles. The highest BCUT2D eigenvalue weighted by Gasteiger charge is 2.16. The van der Waals surface area contributed by atoms with Gasteiger partial charge in [0.15, 0.2) is 0 Å². The summed E-state index contributed by atoms with van der Waals surface area (Å²) < 4.78 is 18.2. The van der Waals surface area contributed by atoms with Gasteiger partial charge in [0.25, 0.3) is 0 Å². The number of aromatic nitrogens is 1. The van der Waals surface area contributed by atoms with E-state index in [1.54, 1.807) is 45.2 Å². The van der Waals surface area contributed by atoms with Crippen LogP contribution in [-0.2, 0) is 11.3 Å². The van der Waals surface area contributed by atoms with E-state index in [0.29, 0.717) is 12.4 Å². The Morgan fingerprint density at radius 2 is 2.04 bits per heavy atom. The standard InChI is InChI=1S/C17H20FN3O2/c1-17(2,3)23-16(22)21-15-8-7-14(11-20-15)19-10-12-5-4-6-13(18)9-12/h4-9,11,19H,10H2,1-3H3,(H,20,21,22). The van der Waals surface area contributed by atoms with Crippen LogP contribution in [0.25, 0.3) is 0 Å². The maximum atomic E-state index is 13.1. The van der Waals surface area contributed by atoms with E-state index in [9.17, 15) is 9.18 Å². The lowest BCUT2D eigenvalue weighted by atomic mass is 10.2. The summed E-state index contributed by atoms with van der Waals surface area (Å²) in [4.78, 5) is 15.8. The molecule has 2 N–H and O–H groups in total. The van der Waals surface area contributed by atoms with E-state index in [4.69, 9.17) is 4.74 Å². The van der Waals surface area contributed by atoms with Crippen LogP contribution in [0.1, 0.15) is 26.3 Å². The molecule has 1 aromatic heterocycles. The molecule has 0 bridgehead atoms. The minimum Gasteiger partial charge on any atom is -0.444 e. The minimum atomic E-state index is -0.559. The van der Waals surface area contributed by atoms with Crippen molar-refractivity contribution >= 4 is 17.6 Å². The van der Waals surface area contributed by atoms with Gasteiger partial charge in [0.05, 0.1) is 11.9 Å². The molecule has 5 nitrogen and oxygen atoms in total. The highest BCUT2D eigenvalue weighted by atomic mass is 19.1. The Bertz CT molecular complexity index is 666. The second kappa shape index (κ2) is 7.09. The summed E-state index contributed by atoms with van der Waals surface area (Å²) in [5.74, 6) is 0.134. The molecule has 0 saturated heterocycles. The second-order valence-electron chi connectivity index (χ2n) is 6.04. The number of nitrogens with zero attached hydrogens (tertiary/aromatic N) is 1. The molecule has 0 aliphatic carbocycles. The van der Waals surface area contributed by atoms with Crippen LogP contribution in [0.4, 0.5) is 20.7 Å². The predicted molar refractivity (Wildman–Crippen MR) is 87.8 cm³/mol. The number of rotatable bonds is 4. The van der Waals surface area contributed by atoms with E-state index >= 15 is 0 Å². The van der Waals surface area contributed by atoms with E-state index in [-0.39, 0.29) is 5.82 Å². The topological polar surface area (TPSA) is 63.2 Å². The fourth-order valence-electron chi connectivity index (χ4n) is 1.83. The van der Waals surface area contributed by atoms with Gasteiger partial charge >= 0.3 is 6.09 Å². The largest absolute Gasteiger partial charge is 0.444 e. The molecule has 23 heavy (non-hydrogen) atoms. The van der Waals surface area contributed by atoms with E-state index in [1.807, 2.05) is 6.07 Å². The Hall–Kier alpha value is -2.63. The van der Waals surface area contributed by atoms with Crippen LogP contribution in [0.5, 0.6) is 0 Å². The maximum Gasteiger partial charge on any atom is 0.413 e. The molecule has 1 aromatic carbocycles. The van der Waals surface area contributed by atoms with Crippen molar-refractivity contribution in [3.8, 4) is 0 Å². The predicted octanol–water partition coefficient (Wildman–Crippen LogP) is 4.18. The lowest BCUT2D eigenvalue weighted by Crippen LogP contribution is -2.27. The third kappa shape index (κ3) is 5.94. The SMILES string of the molecule is CC(C)(C)OC(=O)Nc1ccc(NCc2cccc(F)c2)cn1. The summed E-state index contributed by atoms with van der Waals surface area (Å²) in [6.45, 7) is 5.86. The molecule has 2 aromatic rings. The number of ether oxygens (including phenoxy) is 1. The van der Waals surface area contributed by atoms with Crippen molar-refractivity contribution in [2.24, 2.45) is 0 Å². The van der Waals surface area contributed by atoms with Gasteiger partial charge in [-0.1, -0.05) is 12.1 Å². The molecule has 0 spiro atoms. The van der Waals surface area contributed by atoms with Crippen molar-refractivity contribution in [1.29, 1.82) is 0 Å². The Morgan fingerprint density at radius 3 is 2.65 bits per heavy atom. The van der Waals surface area contributed by atoms with E-state index < -0.39 is 11.7 Å². The van der Waals surface area contributed by atoms with E-state index in [0.717, 1.165) is 11.3 Å². The summed E-state index contributed by atoms with van der Waals surface area (Å²) in [6.07, 6.45) is 1.04. The number of benzene rings is 1. The van der Waals surface area contributed by atoms with Crippen molar-refractivity contribution in [2.45, 2.75) is 32.9 Å². The number of amides is 1. The Kier molecular flexibility index (Phi) is 5.16. The average molecular weight is 317 g/mol. The summed E-state index contributed by atoms with van der Waals surface area (Å²) in [5, 5.41) is 5.69. The molecule has 122 valence electrons. The van der Waals surface area contributed by atoms with Crippen LogP contribution in [0, 0.1) is 5.82 Å². The van der Waals surface area contributed by atoms with Gasteiger partial charge in [0.1, 0.15) is 17.2 Å². The van der Waals surface area contributed by atoms with Crippen molar-refractivity contribution < 1.29 is 13.9 Å². The number of halogens is 1. The molecular formula is C17H20FN3O2. The summed E-state index contributed by atoms with van der Waals surface area (Å²) in [7, 11) is 0. The second-order valence-corrected chi connectivity index (χ2v) is 6.04. The third-order valence-corrected chi connectivity index (χ3v) is 2.78. The molecule has 0 unspecified atom stereocenters. The van der Waals surface area contributed by atoms with Crippen LogP contribution in [-0.4, -0.2) is 16.7 Å². The van der Waals surface area contributed by atoms with Crippen LogP contribution in [0.3, 0.4) is 0 Å². The number of carbonyl (C=O) groups excluding carboxylic acids is 1. The number of anilines is 2. The first-order valence-corrected chi connectivity index (χ1v) is 7.26. The molecule has 0 fully saturated rings. The molecule has 0 aliphatic rings. The van der Waals surface area contributed by atoms with E-state index in [1.165, 1.54) is 12.1 Å². The molecule has 2 rings (SSSR count). The van der Waals surface area contributed by atoms with Gasteiger partial charge in [-0.15, -0.1) is 0 Å². The third-order valence-electron chi connectivity index (χ3n) is 2.78. The Morgan fingerprint density at radius 1 is 1.26 bits per heavy atom. The van der Waals surface area contributed by atoms with Crippen molar-refractivity contribution in [3.05, 3.63) is 54.0 Å². The van der Waals surface area contributed by atoms with E-state index in [2.05, 4.69) is 15.6 Å². The lowest BCUT2D eigenvalue weighted by Gasteiger charge is -2.19. The molecule has 0 radical (unpaired) electrons. The zero-order valence-electron chi connectivity index (χ0n) is 13.4. The van der Waals surface area contributed by atoms with Crippen LogP contribution >= 0.6 is 0 Å². The number of carbonyl (C=O) groups is 1. The smallest absolute Gasteiger partial charge is 0.413 e. The van der Waals surface area contributed by atoms with Gasteiger partial charge in [-0.25, -0.2) is 14.2 Å². The number of pyridine rings is 1. The van der Waals surface area contributed by atoms with Gasteiger partial charge in [0, 0.05) is 6.54 Å². The highest BCUT2D eigenvalue weighted by molar-refractivity contribution is 5.83. The Labute approximate surface area is 134 Å². The van der Waals surface area contributed by atoms with Gasteiger partial charge < -0.3 is 10.1 Å². The number of hydrogen-bond acceptors (Lipinski definition) is 4. The van der Waals surface area contributed by atoms with Crippen LogP contribution in [0.2, 0.25) is 0 Å². The normalized spacial score (nSPS) is 11.0. The fourth-order valence-corrected chi connectivity index (χ4v) is 1.83. The number of nitrogens with one attached hydrogen (secondary N) is 2. The summed E-state index contributed by atoms with van der Waals surface area (Å²) in [5.41, 5.74) is 1.04. The molecule has 0 aliphatic heterocycles. The maximum absolute atomic E-state index is 13.1. The van der Waals surface area contributed by atoms with Crippen molar-refractivity contribution in [1.82, 2.24) is 4.98 Å². The first-order chi connectivity index (χ1) is 10.8.